The van der Waals surface area contributed by atoms with E-state index >= 15 is 0 Å². The van der Waals surface area contributed by atoms with Crippen LogP contribution in [0.25, 0.3) is 0 Å². The molecule has 1 aromatic heterocycles. The van der Waals surface area contributed by atoms with Gasteiger partial charge in [0.15, 0.2) is 6.23 Å². The first-order valence-corrected chi connectivity index (χ1v) is 12.8. The number of para-hydroxylation sites is 1. The predicted molar refractivity (Wildman–Crippen MR) is 127 cm³/mol. The molecule has 6 atom stereocenters. The lowest BCUT2D eigenvalue weighted by atomic mass is 10.2. The molecule has 0 saturated carbocycles. The molecule has 2 heterocycles. The fourth-order valence-electron chi connectivity index (χ4n) is 3.19. The number of aromatic nitrogens is 2. The van der Waals surface area contributed by atoms with E-state index in [4.69, 9.17) is 35.9 Å². The normalized spacial score (nSPS) is 24.6. The molecule has 0 spiro atoms. The number of carbonyl (C=O) groups excluding carboxylic acids is 1. The molecule has 0 unspecified atom stereocenters. The van der Waals surface area contributed by atoms with E-state index in [1.165, 1.54) is 19.2 Å². The van der Waals surface area contributed by atoms with Crippen LogP contribution in [-0.2, 0) is 23.4 Å². The highest BCUT2D eigenvalue weighted by atomic mass is 35.5. The smallest absolute Gasteiger partial charge is 0.459 e. The maximum atomic E-state index is 13.6. The molecule has 1 fully saturated rings. The number of hydrogen-bond donors (Lipinski definition) is 3. The average molecular weight is 531 g/mol. The summed E-state index contributed by atoms with van der Waals surface area (Å²) >= 11 is 6.30. The number of esters is 1. The number of halogens is 1. The van der Waals surface area contributed by atoms with E-state index in [9.17, 15) is 19.3 Å². The Bertz CT molecular complexity index is 1120. The number of nitrogens with zero attached hydrogens (tertiary/aromatic N) is 2. The summed E-state index contributed by atoms with van der Waals surface area (Å²) in [5, 5.41) is 12.1. The van der Waals surface area contributed by atoms with E-state index in [-0.39, 0.29) is 17.7 Å². The lowest BCUT2D eigenvalue weighted by Gasteiger charge is -2.25. The van der Waals surface area contributed by atoms with E-state index in [0.29, 0.717) is 0 Å². The summed E-state index contributed by atoms with van der Waals surface area (Å²) in [5.74, 6) is -0.423. The highest BCUT2D eigenvalue weighted by molar-refractivity contribution is 7.52. The molecule has 0 aliphatic carbocycles. The number of aliphatic hydroxyl groups is 1. The summed E-state index contributed by atoms with van der Waals surface area (Å²) in [6.07, 6.45) is -2.50. The summed E-state index contributed by atoms with van der Waals surface area (Å²) in [6, 6.07) is 8.53. The lowest BCUT2D eigenvalue weighted by Crippen LogP contribution is -2.37. The second-order valence-electron chi connectivity index (χ2n) is 8.08. The number of anilines is 1. The van der Waals surface area contributed by atoms with Gasteiger partial charge in [0.25, 0.3) is 0 Å². The SMILES string of the molecule is CC(C)OC(=O)[C@H](C)N[P@@](=O)(OC[C@H]1O[C@@H](n2ccc(N)nc2=O)[C@@H](Cl)[C@@H]1O)Oc1ccccc1. The molecular formula is C21H28ClN4O8P. The highest BCUT2D eigenvalue weighted by Gasteiger charge is 2.45. The third-order valence-corrected chi connectivity index (χ3v) is 6.97. The molecule has 0 amide bonds. The monoisotopic (exact) mass is 530 g/mol. The van der Waals surface area contributed by atoms with Gasteiger partial charge in [0.2, 0.25) is 0 Å². The average Bonchev–Trinajstić information content (AvgIpc) is 3.06. The van der Waals surface area contributed by atoms with Crippen molar-refractivity contribution in [1.29, 1.82) is 0 Å². The maximum Gasteiger partial charge on any atom is 0.459 e. The number of ether oxygens (including phenoxy) is 2. The molecule has 2 aromatic rings. The molecule has 0 bridgehead atoms. The minimum Gasteiger partial charge on any atom is -0.462 e. The lowest BCUT2D eigenvalue weighted by molar-refractivity contribution is -0.149. The Morgan fingerprint density at radius 2 is 2.00 bits per heavy atom. The van der Waals surface area contributed by atoms with E-state index in [0.717, 1.165) is 4.57 Å². The summed E-state index contributed by atoms with van der Waals surface area (Å²) in [4.78, 5) is 28.0. The van der Waals surface area contributed by atoms with Gasteiger partial charge in [0.05, 0.1) is 12.7 Å². The number of benzene rings is 1. The van der Waals surface area contributed by atoms with Crippen LogP contribution in [0.4, 0.5) is 5.82 Å². The van der Waals surface area contributed by atoms with Crippen molar-refractivity contribution < 1.29 is 33.0 Å². The molecule has 0 radical (unpaired) electrons. The third-order valence-electron chi connectivity index (χ3n) is 4.85. The largest absolute Gasteiger partial charge is 0.462 e. The van der Waals surface area contributed by atoms with Crippen molar-refractivity contribution in [3.8, 4) is 5.75 Å². The zero-order chi connectivity index (χ0) is 25.8. The molecule has 1 saturated heterocycles. The van der Waals surface area contributed by atoms with Crippen LogP contribution in [0.5, 0.6) is 5.75 Å². The number of hydrogen-bond acceptors (Lipinski definition) is 10. The molecule has 3 rings (SSSR count). The number of rotatable bonds is 10. The Morgan fingerprint density at radius 1 is 1.31 bits per heavy atom. The van der Waals surface area contributed by atoms with Crippen molar-refractivity contribution >= 4 is 31.1 Å². The molecule has 35 heavy (non-hydrogen) atoms. The van der Waals surface area contributed by atoms with E-state index in [1.54, 1.807) is 44.2 Å². The molecule has 4 N–H and O–H groups in total. The molecule has 192 valence electrons. The van der Waals surface area contributed by atoms with Crippen molar-refractivity contribution in [3.05, 3.63) is 53.1 Å². The van der Waals surface area contributed by atoms with Crippen molar-refractivity contribution in [2.75, 3.05) is 12.3 Å². The third kappa shape index (κ3) is 7.03. The topological polar surface area (TPSA) is 164 Å². The fourth-order valence-corrected chi connectivity index (χ4v) is 5.04. The van der Waals surface area contributed by atoms with Gasteiger partial charge in [-0.3, -0.25) is 13.9 Å². The summed E-state index contributed by atoms with van der Waals surface area (Å²) < 4.78 is 36.6. The highest BCUT2D eigenvalue weighted by Crippen LogP contribution is 2.46. The summed E-state index contributed by atoms with van der Waals surface area (Å²) in [5.41, 5.74) is 4.79. The first-order chi connectivity index (χ1) is 16.5. The van der Waals surface area contributed by atoms with Crippen molar-refractivity contribution in [1.82, 2.24) is 14.6 Å². The second-order valence-corrected chi connectivity index (χ2v) is 10.3. The van der Waals surface area contributed by atoms with Crippen LogP contribution in [-0.4, -0.2) is 57.0 Å². The van der Waals surface area contributed by atoms with Gasteiger partial charge in [-0.2, -0.15) is 10.1 Å². The van der Waals surface area contributed by atoms with Gasteiger partial charge in [-0.1, -0.05) is 18.2 Å². The van der Waals surface area contributed by atoms with Crippen molar-refractivity contribution in [2.24, 2.45) is 0 Å². The van der Waals surface area contributed by atoms with Gasteiger partial charge in [0.1, 0.15) is 35.2 Å². The Balaban J connectivity index is 1.75. The zero-order valence-corrected chi connectivity index (χ0v) is 21.0. The first-order valence-electron chi connectivity index (χ1n) is 10.8. The van der Waals surface area contributed by atoms with Gasteiger partial charge in [-0.15, -0.1) is 11.6 Å². The number of nitrogens with two attached hydrogens (primary N) is 1. The Hall–Kier alpha value is -2.47. The molecule has 1 aromatic carbocycles. The molecule has 1 aliphatic rings. The standard InChI is InChI=1S/C21H28ClN4O8P/c1-12(2)32-20(28)13(3)25-35(30,34-14-7-5-4-6-8-14)31-11-15-18(27)17(22)19(33-15)26-10-9-16(23)24-21(26)29/h4-10,12-13,15,17-19,27H,11H2,1-3H3,(H,25,30)(H2,23,24,29)/t13-,15+,17-,18+,19+,35+/m0/s1. The van der Waals surface area contributed by atoms with Gasteiger partial charge in [-0.25, -0.2) is 9.36 Å². The van der Waals surface area contributed by atoms with Crippen LogP contribution in [0, 0.1) is 0 Å². The minimum absolute atomic E-state index is 0.0194. The zero-order valence-electron chi connectivity index (χ0n) is 19.3. The van der Waals surface area contributed by atoms with Gasteiger partial charge < -0.3 is 24.8 Å². The number of nitrogens with one attached hydrogen (secondary N) is 1. The van der Waals surface area contributed by atoms with Gasteiger partial charge in [-0.05, 0) is 39.0 Å². The van der Waals surface area contributed by atoms with Crippen molar-refractivity contribution in [3.63, 3.8) is 0 Å². The predicted octanol–water partition coefficient (Wildman–Crippen LogP) is 1.82. The molecule has 12 nitrogen and oxygen atoms in total. The first kappa shape index (κ1) is 27.1. The van der Waals surface area contributed by atoms with Gasteiger partial charge >= 0.3 is 19.4 Å². The fraction of sp³-hybridized carbons (Fsp3) is 0.476. The maximum absolute atomic E-state index is 13.6. The van der Waals surface area contributed by atoms with Crippen LogP contribution in [0.2, 0.25) is 0 Å². The number of nitrogen functional groups attached to an aromatic ring is 1. The van der Waals surface area contributed by atoms with Crippen LogP contribution in [0.15, 0.2) is 47.4 Å². The number of alkyl halides is 1. The van der Waals surface area contributed by atoms with E-state index in [2.05, 4.69) is 10.1 Å². The van der Waals surface area contributed by atoms with Crippen LogP contribution < -0.4 is 21.0 Å². The molecule has 14 heteroatoms. The van der Waals surface area contributed by atoms with Crippen molar-refractivity contribution in [2.45, 2.75) is 56.7 Å². The van der Waals surface area contributed by atoms with Crippen LogP contribution in [0.3, 0.4) is 0 Å². The number of carbonyl (C=O) groups is 1. The van der Waals surface area contributed by atoms with E-state index in [1.807, 2.05) is 0 Å². The Morgan fingerprint density at radius 3 is 2.63 bits per heavy atom. The minimum atomic E-state index is -4.18. The van der Waals surface area contributed by atoms with E-state index < -0.39 is 55.9 Å². The number of aliphatic hydroxyl groups excluding tert-OH is 1. The molecule has 1 aliphatic heterocycles. The van der Waals surface area contributed by atoms with Crippen LogP contribution in [0.1, 0.15) is 27.0 Å². The molecular weight excluding hydrogens is 503 g/mol. The van der Waals surface area contributed by atoms with Crippen LogP contribution >= 0.6 is 19.3 Å². The van der Waals surface area contributed by atoms with Gasteiger partial charge in [0, 0.05) is 6.20 Å². The summed E-state index contributed by atoms with van der Waals surface area (Å²) in [6.45, 7) is 4.37. The Kier molecular flexibility index (Phi) is 8.92. The summed E-state index contributed by atoms with van der Waals surface area (Å²) in [7, 11) is -4.18. The second kappa shape index (κ2) is 11.5. The Labute approximate surface area is 206 Å². The quantitative estimate of drug-likeness (QED) is 0.233.